The maximum atomic E-state index is 12.1. The van der Waals surface area contributed by atoms with Crippen LogP contribution in [0.3, 0.4) is 0 Å². The van der Waals surface area contributed by atoms with Crippen LogP contribution in [0.2, 0.25) is 10.0 Å². The van der Waals surface area contributed by atoms with E-state index in [0.29, 0.717) is 41.2 Å². The Hall–Kier alpha value is -1.45. The molecule has 148 valence electrons. The van der Waals surface area contributed by atoms with Crippen LogP contribution in [0.15, 0.2) is 46.0 Å². The molecule has 1 aromatic heterocycles. The minimum Gasteiger partial charge on any atom is -0.469 e. The number of halogens is 3. The van der Waals surface area contributed by atoms with E-state index in [0.717, 1.165) is 18.7 Å². The number of hydrogen-bond donors (Lipinski definition) is 3. The molecule has 9 heteroatoms. The topological polar surface area (TPSA) is 78.7 Å². The van der Waals surface area contributed by atoms with Gasteiger partial charge in [0.05, 0.1) is 16.3 Å². The first-order valence-electron chi connectivity index (χ1n) is 8.38. The average Bonchev–Trinajstić information content (AvgIpc) is 3.14. The second-order valence-electron chi connectivity index (χ2n) is 5.40. The van der Waals surface area contributed by atoms with Crippen LogP contribution in [-0.2, 0) is 6.42 Å². The lowest BCUT2D eigenvalue weighted by molar-refractivity contribution is 0.0954. The summed E-state index contributed by atoms with van der Waals surface area (Å²) in [5.41, 5.74) is 0.471. The van der Waals surface area contributed by atoms with Crippen molar-refractivity contribution in [2.24, 2.45) is 4.99 Å². The number of hydrogen-bond acceptors (Lipinski definition) is 3. The van der Waals surface area contributed by atoms with E-state index in [1.165, 1.54) is 0 Å². The third kappa shape index (κ3) is 8.40. The summed E-state index contributed by atoms with van der Waals surface area (Å²) < 4.78 is 5.28. The number of nitrogens with zero attached hydrogens (tertiary/aromatic N) is 1. The summed E-state index contributed by atoms with van der Waals surface area (Å²) in [5.74, 6) is 1.39. The van der Waals surface area contributed by atoms with Crippen molar-refractivity contribution in [3.8, 4) is 0 Å². The molecule has 0 unspecified atom stereocenters. The number of benzene rings is 1. The van der Waals surface area contributed by atoms with Crippen LogP contribution in [-0.4, -0.2) is 38.0 Å². The molecular formula is C18H23Cl2IN4O2. The first-order chi connectivity index (χ1) is 12.6. The highest BCUT2D eigenvalue weighted by molar-refractivity contribution is 14.0. The predicted octanol–water partition coefficient (Wildman–Crippen LogP) is 3.73. The van der Waals surface area contributed by atoms with Crippen LogP contribution in [0.1, 0.15) is 23.0 Å². The van der Waals surface area contributed by atoms with Gasteiger partial charge >= 0.3 is 0 Å². The van der Waals surface area contributed by atoms with Gasteiger partial charge in [-0.2, -0.15) is 0 Å². The zero-order chi connectivity index (χ0) is 18.8. The molecule has 3 N–H and O–H groups in total. The fourth-order valence-corrected chi connectivity index (χ4v) is 2.47. The smallest absolute Gasteiger partial charge is 0.251 e. The molecule has 0 spiro atoms. The van der Waals surface area contributed by atoms with Crippen LogP contribution in [0.5, 0.6) is 0 Å². The maximum Gasteiger partial charge on any atom is 0.251 e. The van der Waals surface area contributed by atoms with E-state index in [4.69, 9.17) is 27.6 Å². The van der Waals surface area contributed by atoms with E-state index in [-0.39, 0.29) is 29.9 Å². The molecule has 0 saturated heterocycles. The molecule has 6 nitrogen and oxygen atoms in total. The molecule has 0 aliphatic carbocycles. The summed E-state index contributed by atoms with van der Waals surface area (Å²) >= 11 is 11.8. The third-order valence-electron chi connectivity index (χ3n) is 3.44. The van der Waals surface area contributed by atoms with Gasteiger partial charge in [-0.3, -0.25) is 9.79 Å². The number of nitrogens with one attached hydrogen (secondary N) is 3. The highest BCUT2D eigenvalue weighted by Gasteiger charge is 2.07. The molecule has 2 aromatic rings. The van der Waals surface area contributed by atoms with E-state index in [1.807, 2.05) is 19.1 Å². The summed E-state index contributed by atoms with van der Waals surface area (Å²) in [5, 5.41) is 9.93. The fraction of sp³-hybridized carbons (Fsp3) is 0.333. The molecule has 2 rings (SSSR count). The summed E-state index contributed by atoms with van der Waals surface area (Å²) in [6.07, 6.45) is 2.39. The summed E-state index contributed by atoms with van der Waals surface area (Å²) in [6.45, 7) is 4.35. The minimum absolute atomic E-state index is 0. The Kier molecular flexibility index (Phi) is 11.2. The Balaban J connectivity index is 0.00000364. The maximum absolute atomic E-state index is 12.1. The minimum atomic E-state index is -0.204. The summed E-state index contributed by atoms with van der Waals surface area (Å²) in [4.78, 5) is 16.6. The zero-order valence-corrected chi connectivity index (χ0v) is 18.8. The van der Waals surface area contributed by atoms with Crippen LogP contribution in [0, 0.1) is 0 Å². The highest BCUT2D eigenvalue weighted by atomic mass is 127. The Morgan fingerprint density at radius 2 is 1.89 bits per heavy atom. The Labute approximate surface area is 186 Å². The SMILES string of the molecule is CCNC(=NCCc1ccco1)NCCNC(=O)c1ccc(Cl)c(Cl)c1.I. The van der Waals surface area contributed by atoms with Gasteiger partial charge in [-0.25, -0.2) is 0 Å². The van der Waals surface area contributed by atoms with Crippen LogP contribution in [0.25, 0.3) is 0 Å². The standard InChI is InChI=1S/C18H22Cl2N4O2.HI/c1-2-21-18(23-8-7-14-4-3-11-26-14)24-10-9-22-17(25)13-5-6-15(19)16(20)12-13;/h3-6,11-12H,2,7-10H2,1H3,(H,22,25)(H2,21,23,24);1H. The molecule has 1 heterocycles. The third-order valence-corrected chi connectivity index (χ3v) is 4.18. The highest BCUT2D eigenvalue weighted by Crippen LogP contribution is 2.22. The average molecular weight is 525 g/mol. The van der Waals surface area contributed by atoms with Gasteiger partial charge in [-0.15, -0.1) is 24.0 Å². The monoisotopic (exact) mass is 524 g/mol. The Morgan fingerprint density at radius 3 is 2.56 bits per heavy atom. The van der Waals surface area contributed by atoms with E-state index in [9.17, 15) is 4.79 Å². The van der Waals surface area contributed by atoms with Gasteiger partial charge in [0.25, 0.3) is 5.91 Å². The molecule has 0 bridgehead atoms. The number of amides is 1. The van der Waals surface area contributed by atoms with Crippen molar-refractivity contribution in [1.82, 2.24) is 16.0 Å². The summed E-state index contributed by atoms with van der Waals surface area (Å²) in [7, 11) is 0. The van der Waals surface area contributed by atoms with E-state index in [1.54, 1.807) is 24.5 Å². The lowest BCUT2D eigenvalue weighted by atomic mass is 10.2. The first kappa shape index (κ1) is 23.6. The van der Waals surface area contributed by atoms with Gasteiger partial charge in [-0.05, 0) is 37.3 Å². The second-order valence-corrected chi connectivity index (χ2v) is 6.22. The van der Waals surface area contributed by atoms with Crippen molar-refractivity contribution < 1.29 is 9.21 Å². The van der Waals surface area contributed by atoms with Gasteiger partial charge in [0.1, 0.15) is 5.76 Å². The number of furan rings is 1. The largest absolute Gasteiger partial charge is 0.469 e. The lowest BCUT2D eigenvalue weighted by Gasteiger charge is -2.12. The van der Waals surface area contributed by atoms with Crippen LogP contribution < -0.4 is 16.0 Å². The number of guanidine groups is 1. The molecule has 27 heavy (non-hydrogen) atoms. The molecule has 0 fully saturated rings. The van der Waals surface area contributed by atoms with Gasteiger partial charge in [-0.1, -0.05) is 23.2 Å². The molecule has 0 radical (unpaired) electrons. The molecule has 0 atom stereocenters. The van der Waals surface area contributed by atoms with Crippen LogP contribution in [0.4, 0.5) is 0 Å². The Bertz CT molecular complexity index is 739. The van der Waals surface area contributed by atoms with Crippen molar-refractivity contribution in [1.29, 1.82) is 0 Å². The first-order valence-corrected chi connectivity index (χ1v) is 9.13. The quantitative estimate of drug-likeness (QED) is 0.213. The second kappa shape index (κ2) is 12.9. The fourth-order valence-electron chi connectivity index (χ4n) is 2.17. The molecule has 0 aliphatic heterocycles. The van der Waals surface area contributed by atoms with E-state index in [2.05, 4.69) is 20.9 Å². The number of aliphatic imine (C=N–C) groups is 1. The van der Waals surface area contributed by atoms with Crippen molar-refractivity contribution in [2.45, 2.75) is 13.3 Å². The van der Waals surface area contributed by atoms with Gasteiger partial charge < -0.3 is 20.4 Å². The predicted molar refractivity (Wildman–Crippen MR) is 121 cm³/mol. The zero-order valence-electron chi connectivity index (χ0n) is 14.9. The van der Waals surface area contributed by atoms with Crippen LogP contribution >= 0.6 is 47.2 Å². The number of carbonyl (C=O) groups is 1. The van der Waals surface area contributed by atoms with Gasteiger partial charge in [0.15, 0.2) is 5.96 Å². The lowest BCUT2D eigenvalue weighted by Crippen LogP contribution is -2.41. The van der Waals surface area contributed by atoms with Crippen molar-refractivity contribution in [3.63, 3.8) is 0 Å². The number of carbonyl (C=O) groups excluding carboxylic acids is 1. The van der Waals surface area contributed by atoms with Crippen molar-refractivity contribution in [2.75, 3.05) is 26.2 Å². The van der Waals surface area contributed by atoms with E-state index >= 15 is 0 Å². The van der Waals surface area contributed by atoms with E-state index < -0.39 is 0 Å². The molecule has 0 saturated carbocycles. The molecule has 1 aromatic carbocycles. The normalized spacial score (nSPS) is 10.9. The Morgan fingerprint density at radius 1 is 1.11 bits per heavy atom. The molecule has 0 aliphatic rings. The van der Waals surface area contributed by atoms with Crippen molar-refractivity contribution >= 4 is 59.0 Å². The molecule has 1 amide bonds. The van der Waals surface area contributed by atoms with Gasteiger partial charge in [0.2, 0.25) is 0 Å². The number of rotatable bonds is 8. The van der Waals surface area contributed by atoms with Crippen molar-refractivity contribution in [3.05, 3.63) is 58.0 Å². The molecular weight excluding hydrogens is 502 g/mol. The van der Waals surface area contributed by atoms with Gasteiger partial charge in [0, 0.05) is 38.2 Å². The summed E-state index contributed by atoms with van der Waals surface area (Å²) in [6, 6.07) is 8.57.